The van der Waals surface area contributed by atoms with Crippen molar-refractivity contribution in [3.05, 3.63) is 53.1 Å². The molecule has 1 heterocycles. The van der Waals surface area contributed by atoms with E-state index in [1.807, 2.05) is 6.07 Å². The number of hydrogen-bond acceptors (Lipinski definition) is 5. The number of nitrogens with one attached hydrogen (secondary N) is 1. The van der Waals surface area contributed by atoms with Crippen molar-refractivity contribution in [1.82, 2.24) is 10.2 Å². The first kappa shape index (κ1) is 19.5. The van der Waals surface area contributed by atoms with Crippen molar-refractivity contribution in [3.63, 3.8) is 0 Å². The Morgan fingerprint density at radius 2 is 1.52 bits per heavy atom. The lowest BCUT2D eigenvalue weighted by Crippen LogP contribution is -2.33. The average molecular weight is 370 g/mol. The zero-order valence-electron chi connectivity index (χ0n) is 16.7. The summed E-state index contributed by atoms with van der Waals surface area (Å²) >= 11 is 0. The van der Waals surface area contributed by atoms with Gasteiger partial charge in [-0.3, -0.25) is 4.90 Å². The van der Waals surface area contributed by atoms with Crippen molar-refractivity contribution in [2.75, 3.05) is 47.5 Å². The number of nitrogens with zero attached hydrogens (tertiary/aromatic N) is 1. The van der Waals surface area contributed by atoms with Crippen LogP contribution in [0.5, 0.6) is 17.2 Å². The summed E-state index contributed by atoms with van der Waals surface area (Å²) in [6.07, 6.45) is 1.12. The molecule has 0 saturated carbocycles. The highest BCUT2D eigenvalue weighted by molar-refractivity contribution is 5.54. The second-order valence-electron chi connectivity index (χ2n) is 6.90. The van der Waals surface area contributed by atoms with Crippen LogP contribution in [-0.4, -0.2) is 52.4 Å². The number of rotatable bonds is 6. The SMILES string of the molecule is COc1cc(OC)c(C(c2ccc(C)cc2)N2CCCNCC2)cc1OC. The first-order valence-electron chi connectivity index (χ1n) is 9.49. The maximum Gasteiger partial charge on any atom is 0.164 e. The Hall–Kier alpha value is -2.24. The molecule has 1 fully saturated rings. The highest BCUT2D eigenvalue weighted by atomic mass is 16.5. The lowest BCUT2D eigenvalue weighted by atomic mass is 9.94. The van der Waals surface area contributed by atoms with Crippen LogP contribution >= 0.6 is 0 Å². The van der Waals surface area contributed by atoms with E-state index < -0.39 is 0 Å². The van der Waals surface area contributed by atoms with Gasteiger partial charge in [0.2, 0.25) is 0 Å². The van der Waals surface area contributed by atoms with E-state index >= 15 is 0 Å². The molecule has 0 bridgehead atoms. The van der Waals surface area contributed by atoms with Gasteiger partial charge in [0, 0.05) is 31.3 Å². The summed E-state index contributed by atoms with van der Waals surface area (Å²) in [5.74, 6) is 2.21. The van der Waals surface area contributed by atoms with Crippen LogP contribution in [0.25, 0.3) is 0 Å². The molecule has 1 aliphatic rings. The summed E-state index contributed by atoms with van der Waals surface area (Å²) in [5.41, 5.74) is 3.61. The lowest BCUT2D eigenvalue weighted by Gasteiger charge is -2.32. The standard InChI is InChI=1S/C22H30N2O3/c1-16-6-8-17(9-7-16)22(24-12-5-10-23-11-13-24)18-14-20(26-3)21(27-4)15-19(18)25-2/h6-9,14-15,22-23H,5,10-13H2,1-4H3. The van der Waals surface area contributed by atoms with Crippen LogP contribution in [0.2, 0.25) is 0 Å². The quantitative estimate of drug-likeness (QED) is 0.844. The molecular weight excluding hydrogens is 340 g/mol. The topological polar surface area (TPSA) is 43.0 Å². The van der Waals surface area contributed by atoms with Crippen molar-refractivity contribution < 1.29 is 14.2 Å². The van der Waals surface area contributed by atoms with Gasteiger partial charge in [0.1, 0.15) is 5.75 Å². The Morgan fingerprint density at radius 3 is 2.19 bits per heavy atom. The largest absolute Gasteiger partial charge is 0.496 e. The summed E-state index contributed by atoms with van der Waals surface area (Å²) in [6, 6.07) is 12.9. The number of hydrogen-bond donors (Lipinski definition) is 1. The van der Waals surface area contributed by atoms with E-state index in [1.165, 1.54) is 11.1 Å². The Balaban J connectivity index is 2.12. The Kier molecular flexibility index (Phi) is 6.58. The molecule has 146 valence electrons. The molecule has 1 aliphatic heterocycles. The van der Waals surface area contributed by atoms with Crippen molar-refractivity contribution in [2.45, 2.75) is 19.4 Å². The van der Waals surface area contributed by atoms with Crippen molar-refractivity contribution in [3.8, 4) is 17.2 Å². The van der Waals surface area contributed by atoms with Gasteiger partial charge < -0.3 is 19.5 Å². The Labute approximate surface area is 162 Å². The molecule has 1 saturated heterocycles. The van der Waals surface area contributed by atoms with Gasteiger partial charge in [-0.05, 0) is 31.5 Å². The molecule has 3 rings (SSSR count). The van der Waals surface area contributed by atoms with Gasteiger partial charge in [-0.1, -0.05) is 29.8 Å². The van der Waals surface area contributed by atoms with E-state index in [-0.39, 0.29) is 6.04 Å². The predicted octanol–water partition coefficient (Wildman–Crippen LogP) is 3.41. The highest BCUT2D eigenvalue weighted by Gasteiger charge is 2.27. The van der Waals surface area contributed by atoms with Gasteiger partial charge in [0.15, 0.2) is 11.5 Å². The molecule has 0 aromatic heterocycles. The van der Waals surface area contributed by atoms with E-state index in [0.717, 1.165) is 49.7 Å². The summed E-state index contributed by atoms with van der Waals surface area (Å²) in [6.45, 7) is 6.17. The van der Waals surface area contributed by atoms with E-state index in [4.69, 9.17) is 14.2 Å². The molecule has 2 aromatic carbocycles. The van der Waals surface area contributed by atoms with Crippen LogP contribution in [0.1, 0.15) is 29.2 Å². The monoisotopic (exact) mass is 370 g/mol. The average Bonchev–Trinajstić information content (AvgIpc) is 2.98. The first-order valence-corrected chi connectivity index (χ1v) is 9.49. The fourth-order valence-corrected chi connectivity index (χ4v) is 3.73. The summed E-state index contributed by atoms with van der Waals surface area (Å²) in [5, 5.41) is 3.50. The molecule has 1 unspecified atom stereocenters. The van der Waals surface area contributed by atoms with Crippen LogP contribution in [0.4, 0.5) is 0 Å². The number of benzene rings is 2. The van der Waals surface area contributed by atoms with Gasteiger partial charge in [-0.25, -0.2) is 0 Å². The third-order valence-corrected chi connectivity index (χ3v) is 5.16. The molecular formula is C22H30N2O3. The molecule has 0 spiro atoms. The maximum absolute atomic E-state index is 5.76. The van der Waals surface area contributed by atoms with Gasteiger partial charge in [-0.15, -0.1) is 0 Å². The number of ether oxygens (including phenoxy) is 3. The van der Waals surface area contributed by atoms with Crippen LogP contribution in [0.3, 0.4) is 0 Å². The normalized spacial score (nSPS) is 16.4. The summed E-state index contributed by atoms with van der Waals surface area (Å²) < 4.78 is 16.8. The van der Waals surface area contributed by atoms with Gasteiger partial charge in [0.05, 0.1) is 27.4 Å². The second-order valence-corrected chi connectivity index (χ2v) is 6.90. The molecule has 5 heteroatoms. The number of methoxy groups -OCH3 is 3. The zero-order valence-corrected chi connectivity index (χ0v) is 16.7. The predicted molar refractivity (Wildman–Crippen MR) is 108 cm³/mol. The minimum atomic E-state index is 0.0975. The molecule has 0 amide bonds. The Morgan fingerprint density at radius 1 is 0.852 bits per heavy atom. The van der Waals surface area contributed by atoms with Gasteiger partial charge in [-0.2, -0.15) is 0 Å². The third kappa shape index (κ3) is 4.37. The minimum Gasteiger partial charge on any atom is -0.496 e. The molecule has 0 aliphatic carbocycles. The number of aryl methyl sites for hydroxylation is 1. The van der Waals surface area contributed by atoms with E-state index in [9.17, 15) is 0 Å². The molecule has 1 atom stereocenters. The molecule has 0 radical (unpaired) electrons. The van der Waals surface area contributed by atoms with Crippen molar-refractivity contribution in [2.24, 2.45) is 0 Å². The van der Waals surface area contributed by atoms with E-state index in [1.54, 1.807) is 21.3 Å². The second kappa shape index (κ2) is 9.11. The Bertz CT molecular complexity index is 738. The van der Waals surface area contributed by atoms with Crippen LogP contribution < -0.4 is 19.5 Å². The van der Waals surface area contributed by atoms with Crippen molar-refractivity contribution in [1.29, 1.82) is 0 Å². The molecule has 5 nitrogen and oxygen atoms in total. The summed E-state index contributed by atoms with van der Waals surface area (Å²) in [4.78, 5) is 2.52. The molecule has 2 aromatic rings. The molecule has 1 N–H and O–H groups in total. The minimum absolute atomic E-state index is 0.0975. The first-order chi connectivity index (χ1) is 13.2. The fraction of sp³-hybridized carbons (Fsp3) is 0.455. The highest BCUT2D eigenvalue weighted by Crippen LogP contribution is 2.41. The zero-order chi connectivity index (χ0) is 19.2. The van der Waals surface area contributed by atoms with Crippen LogP contribution in [0, 0.1) is 6.92 Å². The van der Waals surface area contributed by atoms with Gasteiger partial charge in [0.25, 0.3) is 0 Å². The fourth-order valence-electron chi connectivity index (χ4n) is 3.73. The maximum atomic E-state index is 5.76. The smallest absolute Gasteiger partial charge is 0.164 e. The van der Waals surface area contributed by atoms with Crippen LogP contribution in [-0.2, 0) is 0 Å². The van der Waals surface area contributed by atoms with Crippen LogP contribution in [0.15, 0.2) is 36.4 Å². The van der Waals surface area contributed by atoms with E-state index in [2.05, 4.69) is 47.5 Å². The lowest BCUT2D eigenvalue weighted by molar-refractivity contribution is 0.235. The van der Waals surface area contributed by atoms with Crippen molar-refractivity contribution >= 4 is 0 Å². The molecule has 27 heavy (non-hydrogen) atoms. The third-order valence-electron chi connectivity index (χ3n) is 5.16. The summed E-state index contributed by atoms with van der Waals surface area (Å²) in [7, 11) is 5.03. The van der Waals surface area contributed by atoms with E-state index in [0.29, 0.717) is 5.75 Å². The van der Waals surface area contributed by atoms with Gasteiger partial charge >= 0.3 is 0 Å².